The summed E-state index contributed by atoms with van der Waals surface area (Å²) in [7, 11) is 7.15. The lowest BCUT2D eigenvalue weighted by Gasteiger charge is -2.08. The van der Waals surface area contributed by atoms with E-state index < -0.39 is 11.6 Å². The van der Waals surface area contributed by atoms with Crippen LogP contribution in [0.1, 0.15) is 0 Å². The molecule has 0 amide bonds. The summed E-state index contributed by atoms with van der Waals surface area (Å²) in [6.45, 7) is 0. The Morgan fingerprint density at radius 1 is 0.941 bits per heavy atom. The molecule has 0 aromatic heterocycles. The molecule has 0 N–H and O–H groups in total. The molecule has 2 radical (unpaired) electrons. The van der Waals surface area contributed by atoms with Crippen LogP contribution < -0.4 is 10.2 Å². The van der Waals surface area contributed by atoms with Crippen LogP contribution in [0.4, 0.5) is 8.78 Å². The van der Waals surface area contributed by atoms with Crippen molar-refractivity contribution in [2.45, 2.75) is 0 Å². The number of ether oxygens (including phenoxy) is 1. The average molecular weight is 230 g/mol. The van der Waals surface area contributed by atoms with E-state index in [0.29, 0.717) is 22.3 Å². The average Bonchev–Trinajstić information content (AvgIpc) is 2.28. The third kappa shape index (κ3) is 2.46. The molecule has 0 aliphatic rings. The first-order chi connectivity index (χ1) is 8.10. The monoisotopic (exact) mass is 230 g/mol. The number of hydrogen-bond donors (Lipinski definition) is 0. The Balaban J connectivity index is 2.52. The second kappa shape index (κ2) is 4.57. The van der Waals surface area contributed by atoms with Gasteiger partial charge >= 0.3 is 0 Å². The molecule has 2 aromatic carbocycles. The lowest BCUT2D eigenvalue weighted by molar-refractivity contribution is 0.418. The Kier molecular flexibility index (Phi) is 3.13. The molecule has 17 heavy (non-hydrogen) atoms. The Morgan fingerprint density at radius 3 is 2.18 bits per heavy atom. The molecule has 0 bridgehead atoms. The minimum atomic E-state index is -0.615. The molecule has 0 saturated carbocycles. The van der Waals surface area contributed by atoms with E-state index in [-0.39, 0.29) is 0 Å². The van der Waals surface area contributed by atoms with Crippen LogP contribution in [0.15, 0.2) is 36.4 Å². The molecule has 1 nitrogen and oxygen atoms in total. The number of halogens is 2. The fraction of sp³-hybridized carbons (Fsp3) is 0.0769. The summed E-state index contributed by atoms with van der Waals surface area (Å²) < 4.78 is 31.2. The third-order valence-electron chi connectivity index (χ3n) is 2.43. The standard InChI is InChI=1S/C13H9BF2O/c1-17-13-6-8(2-3-12(13)14)9-4-10(15)7-11(16)5-9/h2-7H,1H3. The van der Waals surface area contributed by atoms with Gasteiger partial charge in [-0.25, -0.2) is 8.78 Å². The van der Waals surface area contributed by atoms with Gasteiger partial charge in [-0.15, -0.1) is 0 Å². The molecule has 0 atom stereocenters. The Morgan fingerprint density at radius 2 is 1.59 bits per heavy atom. The van der Waals surface area contributed by atoms with Crippen molar-refractivity contribution in [1.29, 1.82) is 0 Å². The summed E-state index contributed by atoms with van der Waals surface area (Å²) in [4.78, 5) is 0. The van der Waals surface area contributed by atoms with Crippen LogP contribution >= 0.6 is 0 Å². The molecule has 0 heterocycles. The van der Waals surface area contributed by atoms with Crippen LogP contribution in [-0.4, -0.2) is 15.0 Å². The van der Waals surface area contributed by atoms with Crippen molar-refractivity contribution < 1.29 is 13.5 Å². The van der Waals surface area contributed by atoms with Gasteiger partial charge in [0.1, 0.15) is 25.2 Å². The Hall–Kier alpha value is -1.84. The van der Waals surface area contributed by atoms with Crippen molar-refractivity contribution >= 4 is 13.3 Å². The Bertz CT molecular complexity index is 535. The van der Waals surface area contributed by atoms with Crippen molar-refractivity contribution in [1.82, 2.24) is 0 Å². The fourth-order valence-corrected chi connectivity index (χ4v) is 1.61. The predicted octanol–water partition coefficient (Wildman–Crippen LogP) is 2.43. The quantitative estimate of drug-likeness (QED) is 0.720. The van der Waals surface area contributed by atoms with Crippen LogP contribution in [0.2, 0.25) is 0 Å². The van der Waals surface area contributed by atoms with Crippen LogP contribution in [-0.2, 0) is 0 Å². The van der Waals surface area contributed by atoms with Gasteiger partial charge < -0.3 is 4.74 Å². The van der Waals surface area contributed by atoms with E-state index >= 15 is 0 Å². The van der Waals surface area contributed by atoms with Crippen LogP contribution in [0.5, 0.6) is 5.75 Å². The van der Waals surface area contributed by atoms with Crippen LogP contribution in [0.25, 0.3) is 11.1 Å². The lowest BCUT2D eigenvalue weighted by Crippen LogP contribution is -2.06. The van der Waals surface area contributed by atoms with Crippen molar-refractivity contribution in [3.63, 3.8) is 0 Å². The number of methoxy groups -OCH3 is 1. The summed E-state index contributed by atoms with van der Waals surface area (Å²) in [6.07, 6.45) is 0. The van der Waals surface area contributed by atoms with Crippen molar-refractivity contribution in [3.05, 3.63) is 48.0 Å². The molecule has 0 fully saturated rings. The summed E-state index contributed by atoms with van der Waals surface area (Å²) in [5.41, 5.74) is 1.57. The summed E-state index contributed by atoms with van der Waals surface area (Å²) in [5, 5.41) is 0. The van der Waals surface area contributed by atoms with Gasteiger partial charge in [-0.05, 0) is 29.3 Å². The zero-order chi connectivity index (χ0) is 12.4. The number of benzene rings is 2. The van der Waals surface area contributed by atoms with Gasteiger partial charge in [0.25, 0.3) is 0 Å². The highest BCUT2D eigenvalue weighted by molar-refractivity contribution is 6.34. The first-order valence-corrected chi connectivity index (χ1v) is 5.00. The lowest BCUT2D eigenvalue weighted by atomic mass is 9.92. The number of rotatable bonds is 2. The molecule has 0 saturated heterocycles. The van der Waals surface area contributed by atoms with Crippen molar-refractivity contribution in [2.24, 2.45) is 0 Å². The SMILES string of the molecule is [B]c1ccc(-c2cc(F)cc(F)c2)cc1OC. The molecule has 0 aliphatic heterocycles. The molecule has 4 heteroatoms. The second-order valence-electron chi connectivity index (χ2n) is 3.61. The predicted molar refractivity (Wildman–Crippen MR) is 63.7 cm³/mol. The fourth-order valence-electron chi connectivity index (χ4n) is 1.61. The second-order valence-corrected chi connectivity index (χ2v) is 3.61. The highest BCUT2D eigenvalue weighted by atomic mass is 19.1. The zero-order valence-electron chi connectivity index (χ0n) is 9.21. The largest absolute Gasteiger partial charge is 0.497 e. The first-order valence-electron chi connectivity index (χ1n) is 5.00. The van der Waals surface area contributed by atoms with E-state index in [1.54, 1.807) is 18.2 Å². The molecule has 84 valence electrons. The zero-order valence-corrected chi connectivity index (χ0v) is 9.21. The molecule has 2 aromatic rings. The van der Waals surface area contributed by atoms with Gasteiger partial charge in [-0.1, -0.05) is 17.6 Å². The van der Waals surface area contributed by atoms with Gasteiger partial charge in [-0.2, -0.15) is 0 Å². The van der Waals surface area contributed by atoms with Crippen LogP contribution in [0, 0.1) is 11.6 Å². The smallest absolute Gasteiger partial charge is 0.126 e. The summed E-state index contributed by atoms with van der Waals surface area (Å²) in [5.74, 6) is -0.751. The maximum atomic E-state index is 13.1. The van der Waals surface area contributed by atoms with Crippen molar-refractivity contribution in [2.75, 3.05) is 7.11 Å². The highest BCUT2D eigenvalue weighted by Gasteiger charge is 2.05. The normalized spacial score (nSPS) is 10.3. The van der Waals surface area contributed by atoms with E-state index in [0.717, 1.165) is 6.07 Å². The molecule has 0 unspecified atom stereocenters. The highest BCUT2D eigenvalue weighted by Crippen LogP contribution is 2.24. The summed E-state index contributed by atoms with van der Waals surface area (Å²) in [6, 6.07) is 8.31. The molecular weight excluding hydrogens is 221 g/mol. The number of hydrogen-bond acceptors (Lipinski definition) is 1. The van der Waals surface area contributed by atoms with Crippen molar-refractivity contribution in [3.8, 4) is 16.9 Å². The minimum Gasteiger partial charge on any atom is -0.497 e. The first kappa shape index (κ1) is 11.6. The van der Waals surface area contributed by atoms with Crippen LogP contribution in [0.3, 0.4) is 0 Å². The van der Waals surface area contributed by atoms with E-state index in [1.807, 2.05) is 0 Å². The van der Waals surface area contributed by atoms with Gasteiger partial charge in [0.15, 0.2) is 0 Å². The molecule has 0 spiro atoms. The van der Waals surface area contributed by atoms with Gasteiger partial charge in [-0.3, -0.25) is 0 Å². The third-order valence-corrected chi connectivity index (χ3v) is 2.43. The van der Waals surface area contributed by atoms with Gasteiger partial charge in [0.05, 0.1) is 7.11 Å². The topological polar surface area (TPSA) is 9.23 Å². The van der Waals surface area contributed by atoms with Gasteiger partial charge in [0.2, 0.25) is 0 Å². The molecule has 2 rings (SSSR count). The minimum absolute atomic E-state index is 0.445. The van der Waals surface area contributed by atoms with E-state index in [2.05, 4.69) is 0 Å². The summed E-state index contributed by atoms with van der Waals surface area (Å²) >= 11 is 0. The van der Waals surface area contributed by atoms with E-state index in [4.69, 9.17) is 12.6 Å². The van der Waals surface area contributed by atoms with E-state index in [1.165, 1.54) is 19.2 Å². The maximum absolute atomic E-state index is 13.1. The van der Waals surface area contributed by atoms with E-state index in [9.17, 15) is 8.78 Å². The Labute approximate surface area is 99.4 Å². The molecular formula is C13H9BF2O. The maximum Gasteiger partial charge on any atom is 0.126 e. The van der Waals surface area contributed by atoms with Gasteiger partial charge in [0, 0.05) is 6.07 Å². The molecule has 0 aliphatic carbocycles.